The Labute approximate surface area is 540 Å². The summed E-state index contributed by atoms with van der Waals surface area (Å²) in [6.07, 6.45) is -1.03. The van der Waals surface area contributed by atoms with E-state index in [4.69, 9.17) is 30.3 Å². The molecule has 29 heteroatoms. The van der Waals surface area contributed by atoms with Crippen molar-refractivity contribution in [3.05, 3.63) is 38.5 Å². The third-order valence-corrected chi connectivity index (χ3v) is 18.8. The predicted octanol–water partition coefficient (Wildman–Crippen LogP) is 1.09. The Morgan fingerprint density at radius 3 is 1.46 bits per heavy atom. The Morgan fingerprint density at radius 1 is 0.634 bits per heavy atom. The number of benzene rings is 2. The van der Waals surface area contributed by atoms with E-state index < -0.39 is 196 Å². The van der Waals surface area contributed by atoms with E-state index >= 15 is 19.2 Å². The van der Waals surface area contributed by atoms with Crippen molar-refractivity contribution in [3.8, 4) is 11.5 Å². The first kappa shape index (κ1) is 71.5. The molecule has 0 saturated carbocycles. The number of hydrogen-bond acceptors (Lipinski definition) is 19. The maximum absolute atomic E-state index is 15.3. The number of cyclic esters (lactones) is 2. The lowest BCUT2D eigenvalue weighted by Gasteiger charge is -2.36. The second kappa shape index (κ2) is 28.9. The van der Waals surface area contributed by atoms with Crippen LogP contribution in [0.2, 0.25) is 0 Å². The average Bonchev–Trinajstić information content (AvgIpc) is 1.27. The van der Waals surface area contributed by atoms with Gasteiger partial charge in [0.2, 0.25) is 52.7 Å². The van der Waals surface area contributed by atoms with Crippen LogP contribution in [-0.2, 0) is 57.4 Å². The van der Waals surface area contributed by atoms with E-state index in [1.54, 1.807) is 55.4 Å². The van der Waals surface area contributed by atoms with Gasteiger partial charge in [0.15, 0.2) is 11.3 Å². The van der Waals surface area contributed by atoms with Crippen molar-refractivity contribution < 1.29 is 71.4 Å². The Morgan fingerprint density at radius 2 is 1.05 bits per heavy atom. The summed E-state index contributed by atoms with van der Waals surface area (Å²) >= 11 is 0. The first-order valence-corrected chi connectivity index (χ1v) is 31.8. The molecule has 8 N–H and O–H groups in total. The number of nitrogen functional groups attached to an aromatic ring is 2. The standard InChI is InChI=1S/C64H91N13O16/c1-17-30(7)44-61(87)76-23-19-21-38(76)59(85)72(13)26-40(78)74(15)50(28(3)4)63(89)91-34(11)46(57(83)68-44)70-55(81)36-25-37(65)32(9)53-48(36)67-49-42(43(66)52(80)33(10)54(49)93-53)56(82)71-47-35(12)92-64(90)51(29(5)6)75(16)41(79)27-73(14)60(86)39-22-20-24-77(39)62(88)45(31(8)18-2)69-58(47)84/h25,28-31,34-35,38-39,44-47,50-51H,17-24,26-27,65-66H2,1-16H3,(H,68,83)(H,69,84)(H,70,81)(H,71,82). The van der Waals surface area contributed by atoms with Crippen LogP contribution in [0, 0.1) is 37.5 Å². The van der Waals surface area contributed by atoms with Crippen LogP contribution in [0.5, 0.6) is 0 Å². The monoisotopic (exact) mass is 1300 g/mol. The van der Waals surface area contributed by atoms with Crippen LogP contribution in [0.1, 0.15) is 140 Å². The number of nitrogens with one attached hydrogen (secondary N) is 4. The maximum atomic E-state index is 15.3. The molecule has 4 fully saturated rings. The molecule has 12 unspecified atom stereocenters. The molecule has 12 atom stereocenters. The quantitative estimate of drug-likeness (QED) is 0.0940. The molecule has 5 heterocycles. The van der Waals surface area contributed by atoms with E-state index in [2.05, 4.69) is 21.3 Å². The minimum absolute atomic E-state index is 0.0543. The smallest absolute Gasteiger partial charge is 0.329 e. The Kier molecular flexibility index (Phi) is 22.3. The first-order chi connectivity index (χ1) is 43.6. The molecule has 0 spiro atoms. The van der Waals surface area contributed by atoms with Crippen LogP contribution in [-0.4, -0.2) is 220 Å². The van der Waals surface area contributed by atoms with Crippen molar-refractivity contribution in [2.45, 2.75) is 182 Å². The zero-order valence-corrected chi connectivity index (χ0v) is 56.0. The summed E-state index contributed by atoms with van der Waals surface area (Å²) in [7, 11) is 5.58. The van der Waals surface area contributed by atoms with Crippen molar-refractivity contribution in [2.24, 2.45) is 23.7 Å². The predicted molar refractivity (Wildman–Crippen MR) is 339 cm³/mol. The summed E-state index contributed by atoms with van der Waals surface area (Å²) in [4.78, 5) is 201. The molecule has 7 rings (SSSR count). The van der Waals surface area contributed by atoms with Crippen molar-refractivity contribution in [3.63, 3.8) is 0 Å². The Bertz CT molecular complexity index is 3520. The summed E-state index contributed by atoms with van der Waals surface area (Å²) < 4.78 is 18.4. The van der Waals surface area contributed by atoms with Gasteiger partial charge in [-0.3, -0.25) is 52.7 Å². The number of esters is 2. The molecule has 0 bridgehead atoms. The Hall–Kier alpha value is -8.92. The number of hydrogen-bond donors (Lipinski definition) is 6. The zero-order chi connectivity index (χ0) is 69.3. The molecular formula is C64H91N13O16. The molecule has 1 aromatic rings. The highest BCUT2D eigenvalue weighted by molar-refractivity contribution is 6.11. The number of nitrogens with zero attached hydrogens (tertiary/aromatic N) is 7. The van der Waals surface area contributed by atoms with Crippen LogP contribution in [0.4, 0.5) is 11.4 Å². The van der Waals surface area contributed by atoms with Gasteiger partial charge >= 0.3 is 11.9 Å². The van der Waals surface area contributed by atoms with E-state index in [1.807, 2.05) is 0 Å². The molecule has 0 radical (unpaired) electrons. The van der Waals surface area contributed by atoms with Crippen molar-refractivity contribution in [2.75, 3.05) is 65.8 Å². The van der Waals surface area contributed by atoms with Crippen LogP contribution in [0.15, 0.2) is 15.3 Å². The fraction of sp³-hybridized carbons (Fsp3) is 0.625. The summed E-state index contributed by atoms with van der Waals surface area (Å²) in [6, 6.07) is -9.64. The van der Waals surface area contributed by atoms with Gasteiger partial charge in [0.05, 0.1) is 29.9 Å². The number of carbonyl (C=O) groups is 12. The van der Waals surface area contributed by atoms with Crippen molar-refractivity contribution in [1.29, 1.82) is 0 Å². The summed E-state index contributed by atoms with van der Waals surface area (Å²) in [5, 5.41) is 10.8. The summed E-state index contributed by atoms with van der Waals surface area (Å²) in [6.45, 7) is 18.6. The number of aromatic nitrogens is 1. The maximum Gasteiger partial charge on any atom is 0.329 e. The molecule has 10 amide bonds. The minimum atomic E-state index is -1.90. The molecule has 508 valence electrons. The summed E-state index contributed by atoms with van der Waals surface area (Å²) in [5.74, 6) is -12.5. The van der Waals surface area contributed by atoms with E-state index in [1.165, 1.54) is 81.6 Å². The highest BCUT2D eigenvalue weighted by atomic mass is 16.6. The van der Waals surface area contributed by atoms with Crippen LogP contribution in [0.25, 0.3) is 22.6 Å². The van der Waals surface area contributed by atoms with Crippen molar-refractivity contribution in [1.82, 2.24) is 55.7 Å². The highest BCUT2D eigenvalue weighted by Gasteiger charge is 2.47. The van der Waals surface area contributed by atoms with Crippen LogP contribution >= 0.6 is 0 Å². The van der Waals surface area contributed by atoms with Gasteiger partial charge in [0, 0.05) is 58.1 Å². The van der Waals surface area contributed by atoms with Crippen molar-refractivity contribution >= 4 is 93.5 Å². The lowest BCUT2D eigenvalue weighted by atomic mass is 9.96. The third-order valence-electron chi connectivity index (χ3n) is 18.8. The van der Waals surface area contributed by atoms with Crippen LogP contribution < -0.4 is 38.2 Å². The van der Waals surface area contributed by atoms with E-state index in [0.29, 0.717) is 25.7 Å². The molecule has 1 aromatic carbocycles. The number of amides is 10. The minimum Gasteiger partial charge on any atom is -0.458 e. The molecule has 93 heavy (non-hydrogen) atoms. The van der Waals surface area contributed by atoms with Gasteiger partial charge in [-0.05, 0) is 83.1 Å². The fourth-order valence-electron chi connectivity index (χ4n) is 12.7. The van der Waals surface area contributed by atoms with Gasteiger partial charge < -0.3 is 76.0 Å². The summed E-state index contributed by atoms with van der Waals surface area (Å²) in [5.41, 5.74) is 9.53. The number of likely N-dealkylation sites (N-methyl/N-ethyl adjacent to an activating group) is 4. The largest absolute Gasteiger partial charge is 0.458 e. The van der Waals surface area contributed by atoms with Crippen LogP contribution in [0.3, 0.4) is 0 Å². The van der Waals surface area contributed by atoms with E-state index in [9.17, 15) is 43.2 Å². The molecule has 6 aliphatic rings. The second-order valence-corrected chi connectivity index (χ2v) is 26.0. The molecular weight excluding hydrogens is 1210 g/mol. The molecule has 29 nitrogen and oxygen atoms in total. The van der Waals surface area contributed by atoms with Gasteiger partial charge in [-0.2, -0.15) is 0 Å². The van der Waals surface area contributed by atoms with Gasteiger partial charge in [-0.25, -0.2) is 14.6 Å². The second-order valence-electron chi connectivity index (χ2n) is 26.0. The normalized spacial score (nSPS) is 26.3. The van der Waals surface area contributed by atoms with Gasteiger partial charge in [0.25, 0.3) is 11.8 Å². The SMILES string of the molecule is CCC(C)C1NC(=O)C(NC(=O)c2c3nc4c(C(=O)NC5C(=O)NC(C(C)CC)C(=O)N6CCCC6C(=O)N(C)CC(=O)N(C)C(C(C)C)C(=O)OC5C)cc(N)c(C)c4oc-3c(C)c(=O)c2N)C(C)OC(=O)C(C(C)C)N(C)C(=O)CN(C)C(=O)C2CCCN2C1=O. The number of aryl methyl sites for hydroxylation is 1. The number of anilines is 2. The molecule has 4 saturated heterocycles. The topological polar surface area (TPSA) is 386 Å². The Balaban J connectivity index is 1.35. The van der Waals surface area contributed by atoms with Gasteiger partial charge in [-0.15, -0.1) is 0 Å². The number of ether oxygens (including phenoxy) is 2. The third kappa shape index (κ3) is 14.4. The number of carbonyl (C=O) groups excluding carboxylic acids is 12. The lowest BCUT2D eigenvalue weighted by molar-refractivity contribution is -0.163. The zero-order valence-electron chi connectivity index (χ0n) is 56.0. The van der Waals surface area contributed by atoms with Gasteiger partial charge in [-0.1, -0.05) is 68.2 Å². The molecule has 0 aromatic heterocycles. The van der Waals surface area contributed by atoms with E-state index in [0.717, 1.165) is 9.80 Å². The fourth-order valence-corrected chi connectivity index (χ4v) is 12.7. The highest BCUT2D eigenvalue weighted by Crippen LogP contribution is 2.37. The average molecular weight is 1300 g/mol. The number of nitrogens with two attached hydrogens (primary N) is 2. The van der Waals surface area contributed by atoms with E-state index in [-0.39, 0.29) is 59.6 Å². The number of rotatable bonds is 10. The lowest BCUT2D eigenvalue weighted by Crippen LogP contribution is -2.61. The van der Waals surface area contributed by atoms with Gasteiger partial charge in [0.1, 0.15) is 71.8 Å². The number of fused-ring (bicyclic) bond motifs is 4. The first-order valence-electron chi connectivity index (χ1n) is 31.8. The molecule has 1 aliphatic carbocycles. The molecule has 5 aliphatic heterocycles.